The van der Waals surface area contributed by atoms with Crippen LogP contribution in [0.1, 0.15) is 33.4 Å². The van der Waals surface area contributed by atoms with Crippen LogP contribution in [0.15, 0.2) is 255 Å². The van der Waals surface area contributed by atoms with Crippen molar-refractivity contribution in [2.45, 2.75) is 12.3 Å². The van der Waals surface area contributed by atoms with Crippen LogP contribution in [0, 0.1) is 18.3 Å². The second-order valence-electron chi connectivity index (χ2n) is 21.4. The maximum Gasteiger partial charge on any atom is 0.264 e. The van der Waals surface area contributed by atoms with Crippen LogP contribution in [0.4, 0.5) is 34.1 Å². The van der Waals surface area contributed by atoms with Crippen molar-refractivity contribution in [3.8, 4) is 55.6 Å². The van der Waals surface area contributed by atoms with Crippen LogP contribution < -0.4 is 25.5 Å². The van der Waals surface area contributed by atoms with E-state index in [1.54, 1.807) is 0 Å². The van der Waals surface area contributed by atoms with E-state index in [2.05, 4.69) is 270 Å². The lowest BCUT2D eigenvalue weighted by Gasteiger charge is -2.45. The van der Waals surface area contributed by atoms with Gasteiger partial charge in [0, 0.05) is 59.9 Å². The van der Waals surface area contributed by atoms with E-state index in [-0.39, 0.29) is 6.71 Å². The number of anilines is 6. The third-order valence-electron chi connectivity index (χ3n) is 17.4. The summed E-state index contributed by atoms with van der Waals surface area (Å²) in [5, 5.41) is 12.3. The summed E-state index contributed by atoms with van der Waals surface area (Å²) < 4.78 is 3.76. The van der Waals surface area contributed by atoms with Crippen LogP contribution in [-0.2, 0) is 5.41 Å². The number of nitrogens with zero attached hydrogens (tertiary/aromatic N) is 4. The van der Waals surface area contributed by atoms with Gasteiger partial charge in [0.2, 0.25) is 0 Å². The number of hydrogen-bond acceptors (Lipinski definition) is 4. The van der Waals surface area contributed by atoms with Crippen molar-refractivity contribution in [2.24, 2.45) is 0 Å². The number of aromatic nitrogens is 1. The highest BCUT2D eigenvalue weighted by molar-refractivity contribution is 7.31. The minimum absolute atomic E-state index is 0.0738. The zero-order chi connectivity index (χ0) is 52.1. The fraction of sp³-hybridized carbons (Fsp3) is 0.0274. The number of benzene rings is 11. The van der Waals surface area contributed by atoms with Crippen molar-refractivity contribution in [1.82, 2.24) is 4.57 Å². The predicted molar refractivity (Wildman–Crippen MR) is 329 cm³/mol. The van der Waals surface area contributed by atoms with E-state index in [0.29, 0.717) is 5.56 Å². The van der Waals surface area contributed by atoms with Gasteiger partial charge in [0.15, 0.2) is 0 Å². The molecule has 17 rings (SSSR count). The molecule has 4 nitrogen and oxygen atoms in total. The molecule has 4 aliphatic rings. The molecule has 11 aromatic carbocycles. The molecule has 0 radical (unpaired) electrons. The summed E-state index contributed by atoms with van der Waals surface area (Å²) in [6.45, 7) is 2.20. The molecular formula is C73H45BN4S. The summed E-state index contributed by atoms with van der Waals surface area (Å²) in [6, 6.07) is 96.8. The van der Waals surface area contributed by atoms with Crippen LogP contribution >= 0.6 is 11.3 Å². The van der Waals surface area contributed by atoms with Crippen molar-refractivity contribution in [3.63, 3.8) is 0 Å². The predicted octanol–water partition coefficient (Wildman–Crippen LogP) is 16.8. The zero-order valence-electron chi connectivity index (χ0n) is 43.0. The fourth-order valence-corrected chi connectivity index (χ4v) is 15.9. The fourth-order valence-electron chi connectivity index (χ4n) is 14.4. The third kappa shape index (κ3) is 5.92. The summed E-state index contributed by atoms with van der Waals surface area (Å²) in [6.07, 6.45) is 0. The third-order valence-corrected chi connectivity index (χ3v) is 18.7. The Kier molecular flexibility index (Phi) is 9.26. The van der Waals surface area contributed by atoms with Crippen molar-refractivity contribution >= 4 is 89.7 Å². The number of rotatable bonds is 5. The summed E-state index contributed by atoms with van der Waals surface area (Å²) >= 11 is 2.00. The quantitative estimate of drug-likeness (QED) is 0.161. The summed E-state index contributed by atoms with van der Waals surface area (Å²) in [5.41, 5.74) is 27.9. The summed E-state index contributed by atoms with van der Waals surface area (Å²) in [7, 11) is 0. The van der Waals surface area contributed by atoms with E-state index >= 15 is 0 Å². The molecule has 366 valence electrons. The lowest BCUT2D eigenvalue weighted by atomic mass is 9.36. The Morgan fingerprint density at radius 3 is 1.72 bits per heavy atom. The minimum Gasteiger partial charge on any atom is -0.311 e. The summed E-state index contributed by atoms with van der Waals surface area (Å²) in [4.78, 5) is 6.57. The number of fused-ring (bicyclic) bond motifs is 18. The van der Waals surface area contributed by atoms with Gasteiger partial charge in [-0.1, -0.05) is 188 Å². The van der Waals surface area contributed by atoms with Gasteiger partial charge in [0.1, 0.15) is 0 Å². The average molecular weight is 1020 g/mol. The first-order chi connectivity index (χ1) is 39.1. The molecule has 0 saturated carbocycles. The molecule has 2 aliphatic carbocycles. The lowest BCUT2D eigenvalue weighted by molar-refractivity contribution is 0.794. The highest BCUT2D eigenvalue weighted by Gasteiger charge is 2.58. The normalized spacial score (nSPS) is 14.9. The lowest BCUT2D eigenvalue weighted by Crippen LogP contribution is -2.60. The standard InChI is InChI=1S/C73H45BN4S/c1-45-40-66-69-67(41-45)78(62-33-17-11-25-51(62)48-22-6-3-7-23-48)70-68-71(79-72(70)74(69)60-31-15-19-35-65(60)77(66)61-32-16-10-24-50(61)47-20-4-2-5-21-47)55-28-9-14-30-58(55)73(68)57-29-13-8-26-52(57)53-38-37-49(43-59(53)73)76-63-34-18-12-27-54(63)56-42-46(44-75)36-39-64(56)76/h2-43H,1H3. The van der Waals surface area contributed by atoms with Gasteiger partial charge in [0.05, 0.1) is 45.1 Å². The Hall–Kier alpha value is -9.93. The molecule has 2 aromatic heterocycles. The van der Waals surface area contributed by atoms with Crippen molar-refractivity contribution < 1.29 is 0 Å². The SMILES string of the molecule is Cc1cc2c3c(c1)N(c1ccccc1-c1ccccc1)c1c(sc4c1C1(c5ccccc5-c5ccc(-n6c7ccccc7c7cc(C#N)ccc76)cc51)c1ccccc1-4)B3c1ccccc1N2c1ccccc1-c1ccccc1. The maximum atomic E-state index is 10.1. The molecule has 0 N–H and O–H groups in total. The average Bonchev–Trinajstić information content (AvgIpc) is 3.08. The van der Waals surface area contributed by atoms with Gasteiger partial charge >= 0.3 is 0 Å². The number of nitriles is 1. The molecule has 1 unspecified atom stereocenters. The maximum absolute atomic E-state index is 10.1. The Morgan fingerprint density at radius 2 is 1.00 bits per heavy atom. The van der Waals surface area contributed by atoms with Crippen LogP contribution in [-0.4, -0.2) is 11.3 Å². The van der Waals surface area contributed by atoms with E-state index in [1.165, 1.54) is 110 Å². The number of aryl methyl sites for hydroxylation is 1. The van der Waals surface area contributed by atoms with Gasteiger partial charge in [-0.3, -0.25) is 0 Å². The van der Waals surface area contributed by atoms with E-state index in [9.17, 15) is 5.26 Å². The first-order valence-electron chi connectivity index (χ1n) is 27.2. The Morgan fingerprint density at radius 1 is 0.443 bits per heavy atom. The van der Waals surface area contributed by atoms with Crippen LogP contribution in [0.2, 0.25) is 0 Å². The first-order valence-corrected chi connectivity index (χ1v) is 28.0. The molecule has 4 heterocycles. The first kappa shape index (κ1) is 44.2. The van der Waals surface area contributed by atoms with Gasteiger partial charge in [-0.2, -0.15) is 5.26 Å². The number of thiophene rings is 1. The van der Waals surface area contributed by atoms with E-state index in [0.717, 1.165) is 38.9 Å². The Bertz CT molecular complexity index is 4790. The van der Waals surface area contributed by atoms with Crippen LogP contribution in [0.3, 0.4) is 0 Å². The molecule has 0 saturated heterocycles. The smallest absolute Gasteiger partial charge is 0.264 e. The van der Waals surface area contributed by atoms with Gasteiger partial charge in [0.25, 0.3) is 6.71 Å². The van der Waals surface area contributed by atoms with E-state index in [4.69, 9.17) is 0 Å². The molecule has 2 aliphatic heterocycles. The molecular weight excluding hydrogens is 976 g/mol. The van der Waals surface area contributed by atoms with Gasteiger partial charge in [-0.05, 0) is 135 Å². The second kappa shape index (κ2) is 16.5. The van der Waals surface area contributed by atoms with Gasteiger partial charge in [-0.25, -0.2) is 0 Å². The van der Waals surface area contributed by atoms with Crippen LogP contribution in [0.25, 0.3) is 71.3 Å². The summed E-state index contributed by atoms with van der Waals surface area (Å²) in [5.74, 6) is 0. The molecule has 0 amide bonds. The second-order valence-corrected chi connectivity index (χ2v) is 22.5. The number of para-hydroxylation sites is 4. The largest absolute Gasteiger partial charge is 0.311 e. The van der Waals surface area contributed by atoms with Gasteiger partial charge < -0.3 is 14.4 Å². The molecule has 0 bridgehead atoms. The van der Waals surface area contributed by atoms with E-state index < -0.39 is 5.41 Å². The topological polar surface area (TPSA) is 35.2 Å². The van der Waals surface area contributed by atoms with Crippen molar-refractivity contribution in [1.29, 1.82) is 5.26 Å². The molecule has 6 heteroatoms. The minimum atomic E-state index is -0.705. The molecule has 79 heavy (non-hydrogen) atoms. The molecule has 0 fully saturated rings. The molecule has 1 spiro atoms. The molecule has 13 aromatic rings. The Labute approximate surface area is 462 Å². The highest BCUT2D eigenvalue weighted by atomic mass is 32.1. The van der Waals surface area contributed by atoms with Crippen molar-refractivity contribution in [3.05, 3.63) is 288 Å². The monoisotopic (exact) mass is 1020 g/mol. The Balaban J connectivity index is 1.00. The molecule has 1 atom stereocenters. The van der Waals surface area contributed by atoms with Crippen molar-refractivity contribution in [2.75, 3.05) is 9.80 Å². The number of hydrogen-bond donors (Lipinski definition) is 0. The zero-order valence-corrected chi connectivity index (χ0v) is 43.8. The van der Waals surface area contributed by atoms with E-state index in [1.807, 2.05) is 23.5 Å². The van der Waals surface area contributed by atoms with Gasteiger partial charge in [-0.15, -0.1) is 11.3 Å². The van der Waals surface area contributed by atoms with Crippen LogP contribution in [0.5, 0.6) is 0 Å². The highest BCUT2D eigenvalue weighted by Crippen LogP contribution is 2.68.